The summed E-state index contributed by atoms with van der Waals surface area (Å²) in [4.78, 5) is 0. The van der Waals surface area contributed by atoms with Gasteiger partial charge in [-0.1, -0.05) is 17.2 Å². The maximum Gasteiger partial charge on any atom is 0.177 e. The summed E-state index contributed by atoms with van der Waals surface area (Å²) in [5, 5.41) is 0. The Morgan fingerprint density at radius 2 is 1.86 bits per heavy atom. The average Bonchev–Trinajstić information content (AvgIpc) is 2.56. The molecule has 0 atom stereocenters. The Balaban J connectivity index is 2.26. The molecule has 0 saturated carbocycles. The molecular weight excluding hydrogens is 176 g/mol. The first-order chi connectivity index (χ1) is 6.68. The molecule has 0 unspecified atom stereocenters. The van der Waals surface area contributed by atoms with Crippen LogP contribution in [0.15, 0.2) is 23.3 Å². The third kappa shape index (κ3) is 4.58. The number of allylic oxidation sites excluding steroid dienone is 3. The molecule has 0 radical (unpaired) electrons. The van der Waals surface area contributed by atoms with E-state index in [0.29, 0.717) is 0 Å². The zero-order chi connectivity index (χ0) is 10.4. The van der Waals surface area contributed by atoms with E-state index in [-0.39, 0.29) is 6.29 Å². The summed E-state index contributed by atoms with van der Waals surface area (Å²) in [5.41, 5.74) is 2.72. The SMILES string of the molecule is CC(C)=CCC/C(C)=C\C1OCCO1. The predicted molar refractivity (Wildman–Crippen MR) is 58.1 cm³/mol. The molecule has 0 aliphatic carbocycles. The van der Waals surface area contributed by atoms with Crippen molar-refractivity contribution < 1.29 is 9.47 Å². The first kappa shape index (κ1) is 11.5. The summed E-state index contributed by atoms with van der Waals surface area (Å²) >= 11 is 0. The molecule has 0 bridgehead atoms. The molecule has 2 nitrogen and oxygen atoms in total. The van der Waals surface area contributed by atoms with E-state index in [1.54, 1.807) is 0 Å². The number of hydrogen-bond acceptors (Lipinski definition) is 2. The fourth-order valence-corrected chi connectivity index (χ4v) is 1.38. The molecule has 1 rings (SSSR count). The first-order valence-electron chi connectivity index (χ1n) is 5.22. The van der Waals surface area contributed by atoms with Crippen molar-refractivity contribution in [3.63, 3.8) is 0 Å². The molecule has 0 aromatic heterocycles. The highest BCUT2D eigenvalue weighted by Crippen LogP contribution is 2.12. The highest BCUT2D eigenvalue weighted by atomic mass is 16.7. The minimum atomic E-state index is -0.0956. The van der Waals surface area contributed by atoms with Crippen LogP contribution in [0, 0.1) is 0 Å². The van der Waals surface area contributed by atoms with Crippen LogP contribution < -0.4 is 0 Å². The lowest BCUT2D eigenvalue weighted by molar-refractivity contribution is -0.00223. The zero-order valence-corrected chi connectivity index (χ0v) is 9.38. The minimum Gasteiger partial charge on any atom is -0.347 e. The van der Waals surface area contributed by atoms with Gasteiger partial charge in [-0.3, -0.25) is 0 Å². The van der Waals surface area contributed by atoms with E-state index in [4.69, 9.17) is 9.47 Å². The monoisotopic (exact) mass is 196 g/mol. The van der Waals surface area contributed by atoms with Gasteiger partial charge in [0.15, 0.2) is 6.29 Å². The fraction of sp³-hybridized carbons (Fsp3) is 0.667. The summed E-state index contributed by atoms with van der Waals surface area (Å²) in [7, 11) is 0. The fourth-order valence-electron chi connectivity index (χ4n) is 1.38. The number of rotatable bonds is 4. The van der Waals surface area contributed by atoms with Crippen LogP contribution in [0.1, 0.15) is 33.6 Å². The van der Waals surface area contributed by atoms with Crippen LogP contribution in [0.25, 0.3) is 0 Å². The van der Waals surface area contributed by atoms with Crippen molar-refractivity contribution in [1.82, 2.24) is 0 Å². The van der Waals surface area contributed by atoms with Crippen LogP contribution in [-0.4, -0.2) is 19.5 Å². The van der Waals surface area contributed by atoms with Gasteiger partial charge in [-0.2, -0.15) is 0 Å². The molecule has 0 aromatic rings. The Morgan fingerprint density at radius 1 is 1.21 bits per heavy atom. The standard InChI is InChI=1S/C12H20O2/c1-10(2)5-4-6-11(3)9-12-13-7-8-14-12/h5,9,12H,4,6-8H2,1-3H3/b11-9-. The topological polar surface area (TPSA) is 18.5 Å². The lowest BCUT2D eigenvalue weighted by Crippen LogP contribution is -2.03. The van der Waals surface area contributed by atoms with Crippen molar-refractivity contribution in [2.75, 3.05) is 13.2 Å². The van der Waals surface area contributed by atoms with Gasteiger partial charge in [0, 0.05) is 0 Å². The van der Waals surface area contributed by atoms with Crippen LogP contribution in [0.5, 0.6) is 0 Å². The Kier molecular flexibility index (Phi) is 4.91. The zero-order valence-electron chi connectivity index (χ0n) is 9.38. The lowest BCUT2D eigenvalue weighted by atomic mass is 10.1. The van der Waals surface area contributed by atoms with E-state index in [0.717, 1.165) is 26.1 Å². The Bertz CT molecular complexity index is 218. The molecule has 1 heterocycles. The van der Waals surface area contributed by atoms with Crippen LogP contribution in [-0.2, 0) is 9.47 Å². The van der Waals surface area contributed by atoms with E-state index in [9.17, 15) is 0 Å². The van der Waals surface area contributed by atoms with Gasteiger partial charge in [-0.25, -0.2) is 0 Å². The van der Waals surface area contributed by atoms with Gasteiger partial charge in [-0.15, -0.1) is 0 Å². The van der Waals surface area contributed by atoms with Crippen molar-refractivity contribution in [3.8, 4) is 0 Å². The normalized spacial score (nSPS) is 18.6. The number of ether oxygens (including phenoxy) is 2. The van der Waals surface area contributed by atoms with Crippen LogP contribution in [0.4, 0.5) is 0 Å². The third-order valence-electron chi connectivity index (χ3n) is 2.16. The predicted octanol–water partition coefficient (Wildman–Crippen LogP) is 3.05. The van der Waals surface area contributed by atoms with E-state index >= 15 is 0 Å². The maximum absolute atomic E-state index is 5.34. The van der Waals surface area contributed by atoms with Gasteiger partial charge in [-0.05, 0) is 39.7 Å². The first-order valence-corrected chi connectivity index (χ1v) is 5.22. The molecule has 1 saturated heterocycles. The second kappa shape index (κ2) is 5.99. The van der Waals surface area contributed by atoms with Gasteiger partial charge in [0.25, 0.3) is 0 Å². The van der Waals surface area contributed by atoms with Crippen molar-refractivity contribution in [2.24, 2.45) is 0 Å². The molecule has 1 aliphatic rings. The second-order valence-corrected chi connectivity index (χ2v) is 3.94. The van der Waals surface area contributed by atoms with E-state index in [1.807, 2.05) is 0 Å². The molecule has 0 spiro atoms. The highest BCUT2D eigenvalue weighted by Gasteiger charge is 2.12. The summed E-state index contributed by atoms with van der Waals surface area (Å²) in [5.74, 6) is 0. The van der Waals surface area contributed by atoms with Crippen LogP contribution >= 0.6 is 0 Å². The summed E-state index contributed by atoms with van der Waals surface area (Å²) in [6, 6.07) is 0. The largest absolute Gasteiger partial charge is 0.347 e. The summed E-state index contributed by atoms with van der Waals surface area (Å²) < 4.78 is 10.7. The van der Waals surface area contributed by atoms with Crippen molar-refractivity contribution in [1.29, 1.82) is 0 Å². The van der Waals surface area contributed by atoms with E-state index in [2.05, 4.69) is 32.9 Å². The van der Waals surface area contributed by atoms with Gasteiger partial charge < -0.3 is 9.47 Å². The molecule has 14 heavy (non-hydrogen) atoms. The minimum absolute atomic E-state index is 0.0956. The van der Waals surface area contributed by atoms with Crippen LogP contribution in [0.2, 0.25) is 0 Å². The molecule has 2 heteroatoms. The molecule has 1 aliphatic heterocycles. The molecule has 0 aromatic carbocycles. The number of hydrogen-bond donors (Lipinski definition) is 0. The molecule has 0 amide bonds. The third-order valence-corrected chi connectivity index (χ3v) is 2.16. The Hall–Kier alpha value is -0.600. The van der Waals surface area contributed by atoms with Crippen molar-refractivity contribution in [3.05, 3.63) is 23.3 Å². The molecule has 0 N–H and O–H groups in total. The second-order valence-electron chi connectivity index (χ2n) is 3.94. The van der Waals surface area contributed by atoms with E-state index < -0.39 is 0 Å². The Morgan fingerprint density at radius 3 is 2.43 bits per heavy atom. The van der Waals surface area contributed by atoms with Gasteiger partial charge >= 0.3 is 0 Å². The lowest BCUT2D eigenvalue weighted by Gasteiger charge is -2.05. The quantitative estimate of drug-likeness (QED) is 0.643. The van der Waals surface area contributed by atoms with Gasteiger partial charge in [0.2, 0.25) is 0 Å². The van der Waals surface area contributed by atoms with E-state index in [1.165, 1.54) is 11.1 Å². The smallest absolute Gasteiger partial charge is 0.177 e. The van der Waals surface area contributed by atoms with Crippen molar-refractivity contribution in [2.45, 2.75) is 39.9 Å². The van der Waals surface area contributed by atoms with Crippen molar-refractivity contribution >= 4 is 0 Å². The molecular formula is C12H20O2. The summed E-state index contributed by atoms with van der Waals surface area (Å²) in [6.07, 6.45) is 6.44. The molecule has 1 fully saturated rings. The maximum atomic E-state index is 5.34. The highest BCUT2D eigenvalue weighted by molar-refractivity contribution is 5.03. The van der Waals surface area contributed by atoms with Crippen LogP contribution in [0.3, 0.4) is 0 Å². The van der Waals surface area contributed by atoms with Gasteiger partial charge in [0.1, 0.15) is 0 Å². The Labute approximate surface area is 86.6 Å². The summed E-state index contributed by atoms with van der Waals surface area (Å²) in [6.45, 7) is 7.83. The average molecular weight is 196 g/mol. The van der Waals surface area contributed by atoms with Gasteiger partial charge in [0.05, 0.1) is 13.2 Å². The molecule has 80 valence electrons.